The Bertz CT molecular complexity index is 570. The van der Waals surface area contributed by atoms with Crippen molar-refractivity contribution >= 4 is 35.8 Å². The SMILES string of the molecule is Cl.O=C1c2ccccc2C(=O)N1CC(Cl)=C1CCNCC1. The fourth-order valence-electron chi connectivity index (χ4n) is 2.63. The van der Waals surface area contributed by atoms with Crippen LogP contribution in [-0.4, -0.2) is 36.3 Å². The highest BCUT2D eigenvalue weighted by molar-refractivity contribution is 6.31. The predicted molar refractivity (Wildman–Crippen MR) is 84.0 cm³/mol. The molecule has 4 nitrogen and oxygen atoms in total. The van der Waals surface area contributed by atoms with Gasteiger partial charge in [-0.25, -0.2) is 0 Å². The van der Waals surface area contributed by atoms with E-state index in [1.165, 1.54) is 4.90 Å². The second kappa shape index (κ2) is 6.60. The molecule has 2 aliphatic rings. The zero-order valence-corrected chi connectivity index (χ0v) is 13.0. The highest BCUT2D eigenvalue weighted by Crippen LogP contribution is 2.26. The highest BCUT2D eigenvalue weighted by atomic mass is 35.5. The number of rotatable bonds is 2. The summed E-state index contributed by atoms with van der Waals surface area (Å²) in [4.78, 5) is 25.7. The molecule has 21 heavy (non-hydrogen) atoms. The van der Waals surface area contributed by atoms with Crippen molar-refractivity contribution in [3.63, 3.8) is 0 Å². The fourth-order valence-corrected chi connectivity index (χ4v) is 2.94. The lowest BCUT2D eigenvalue weighted by atomic mass is 10.1. The lowest BCUT2D eigenvalue weighted by molar-refractivity contribution is 0.0670. The van der Waals surface area contributed by atoms with Crippen LogP contribution in [0.5, 0.6) is 0 Å². The van der Waals surface area contributed by atoms with Crippen LogP contribution < -0.4 is 5.32 Å². The zero-order chi connectivity index (χ0) is 14.1. The van der Waals surface area contributed by atoms with Gasteiger partial charge in [-0.2, -0.15) is 0 Å². The molecule has 2 amide bonds. The molecular weight excluding hydrogens is 311 g/mol. The Labute approximate surface area is 134 Å². The maximum atomic E-state index is 12.2. The van der Waals surface area contributed by atoms with E-state index in [-0.39, 0.29) is 30.8 Å². The molecular formula is C15H16Cl2N2O2. The third-order valence-electron chi connectivity index (χ3n) is 3.77. The lowest BCUT2D eigenvalue weighted by Gasteiger charge is -2.20. The molecule has 0 spiro atoms. The van der Waals surface area contributed by atoms with Gasteiger partial charge in [-0.3, -0.25) is 14.5 Å². The Morgan fingerprint density at radius 1 is 1.10 bits per heavy atom. The second-order valence-corrected chi connectivity index (χ2v) is 5.46. The van der Waals surface area contributed by atoms with Gasteiger partial charge < -0.3 is 5.32 Å². The number of piperidine rings is 1. The van der Waals surface area contributed by atoms with E-state index in [9.17, 15) is 9.59 Å². The third kappa shape index (κ3) is 2.98. The monoisotopic (exact) mass is 326 g/mol. The van der Waals surface area contributed by atoms with Crippen LogP contribution in [0.3, 0.4) is 0 Å². The number of halogens is 2. The number of hydrogen-bond donors (Lipinski definition) is 1. The van der Waals surface area contributed by atoms with Crippen molar-refractivity contribution in [2.75, 3.05) is 19.6 Å². The van der Waals surface area contributed by atoms with E-state index in [1.54, 1.807) is 24.3 Å². The van der Waals surface area contributed by atoms with Crippen molar-refractivity contribution in [1.82, 2.24) is 10.2 Å². The highest BCUT2D eigenvalue weighted by Gasteiger charge is 2.35. The van der Waals surface area contributed by atoms with E-state index < -0.39 is 0 Å². The minimum Gasteiger partial charge on any atom is -0.316 e. The predicted octanol–water partition coefficient (Wildman–Crippen LogP) is 2.58. The molecule has 1 fully saturated rings. The quantitative estimate of drug-likeness (QED) is 0.850. The van der Waals surface area contributed by atoms with E-state index in [0.29, 0.717) is 16.2 Å². The first kappa shape index (κ1) is 16.0. The molecule has 1 aromatic rings. The first-order valence-corrected chi connectivity index (χ1v) is 7.08. The number of carbonyl (C=O) groups excluding carboxylic acids is 2. The van der Waals surface area contributed by atoms with Gasteiger partial charge in [-0.1, -0.05) is 29.3 Å². The van der Waals surface area contributed by atoms with Gasteiger partial charge in [-0.05, 0) is 38.1 Å². The Morgan fingerprint density at radius 2 is 1.62 bits per heavy atom. The molecule has 0 aromatic heterocycles. The van der Waals surface area contributed by atoms with E-state index in [2.05, 4.69) is 5.32 Å². The Hall–Kier alpha value is -1.36. The maximum absolute atomic E-state index is 12.2. The van der Waals surface area contributed by atoms with Crippen molar-refractivity contribution in [2.45, 2.75) is 12.8 Å². The Kier molecular flexibility index (Phi) is 5.04. The Balaban J connectivity index is 0.00000161. The summed E-state index contributed by atoms with van der Waals surface area (Å²) >= 11 is 6.32. The number of hydrogen-bond acceptors (Lipinski definition) is 3. The topological polar surface area (TPSA) is 49.4 Å². The largest absolute Gasteiger partial charge is 0.316 e. The summed E-state index contributed by atoms with van der Waals surface area (Å²) in [5, 5.41) is 3.88. The molecule has 0 unspecified atom stereocenters. The number of imide groups is 1. The van der Waals surface area contributed by atoms with Crippen LogP contribution in [0.2, 0.25) is 0 Å². The van der Waals surface area contributed by atoms with Gasteiger partial charge in [0.25, 0.3) is 11.8 Å². The van der Waals surface area contributed by atoms with Crippen molar-refractivity contribution in [3.05, 3.63) is 46.0 Å². The standard InChI is InChI=1S/C15H15ClN2O2.ClH/c16-13(10-5-7-17-8-6-10)9-18-14(19)11-3-1-2-4-12(11)15(18)20;/h1-4,17H,5-9H2;1H. The first-order chi connectivity index (χ1) is 9.68. The van der Waals surface area contributed by atoms with Crippen LogP contribution in [0.1, 0.15) is 33.6 Å². The third-order valence-corrected chi connectivity index (χ3v) is 4.15. The van der Waals surface area contributed by atoms with Crippen LogP contribution in [-0.2, 0) is 0 Å². The number of benzene rings is 1. The summed E-state index contributed by atoms with van der Waals surface area (Å²) in [6, 6.07) is 6.89. The molecule has 2 aliphatic heterocycles. The van der Waals surface area contributed by atoms with E-state index in [1.807, 2.05) is 0 Å². The molecule has 0 atom stereocenters. The lowest BCUT2D eigenvalue weighted by Crippen LogP contribution is -2.32. The first-order valence-electron chi connectivity index (χ1n) is 6.71. The number of nitrogens with zero attached hydrogens (tertiary/aromatic N) is 1. The summed E-state index contributed by atoms with van der Waals surface area (Å²) in [5.41, 5.74) is 2.08. The molecule has 3 rings (SSSR count). The minimum atomic E-state index is -0.252. The van der Waals surface area contributed by atoms with Gasteiger partial charge in [0, 0.05) is 5.03 Å². The van der Waals surface area contributed by atoms with Gasteiger partial charge in [-0.15, -0.1) is 12.4 Å². The number of fused-ring (bicyclic) bond motifs is 1. The average molecular weight is 327 g/mol. The van der Waals surface area contributed by atoms with E-state index >= 15 is 0 Å². The summed E-state index contributed by atoms with van der Waals surface area (Å²) < 4.78 is 0. The number of amides is 2. The number of carbonyl (C=O) groups is 2. The summed E-state index contributed by atoms with van der Waals surface area (Å²) in [6.45, 7) is 1.98. The minimum absolute atomic E-state index is 0. The van der Waals surface area contributed by atoms with Crippen LogP contribution in [0.15, 0.2) is 34.9 Å². The Morgan fingerprint density at radius 3 is 2.14 bits per heavy atom. The van der Waals surface area contributed by atoms with Crippen LogP contribution >= 0.6 is 24.0 Å². The van der Waals surface area contributed by atoms with Gasteiger partial charge >= 0.3 is 0 Å². The molecule has 1 aromatic carbocycles. The molecule has 0 radical (unpaired) electrons. The molecule has 1 N–H and O–H groups in total. The summed E-state index contributed by atoms with van der Waals surface area (Å²) in [5.74, 6) is -0.503. The molecule has 0 aliphatic carbocycles. The fraction of sp³-hybridized carbons (Fsp3) is 0.333. The van der Waals surface area contributed by atoms with Crippen LogP contribution in [0.4, 0.5) is 0 Å². The van der Waals surface area contributed by atoms with Gasteiger partial charge in [0.05, 0.1) is 17.7 Å². The smallest absolute Gasteiger partial charge is 0.261 e. The summed E-state index contributed by atoms with van der Waals surface area (Å²) in [7, 11) is 0. The number of nitrogens with one attached hydrogen (secondary N) is 1. The normalized spacial score (nSPS) is 17.6. The second-order valence-electron chi connectivity index (χ2n) is 5.00. The van der Waals surface area contributed by atoms with Crippen molar-refractivity contribution in [2.24, 2.45) is 0 Å². The van der Waals surface area contributed by atoms with Crippen LogP contribution in [0, 0.1) is 0 Å². The molecule has 1 saturated heterocycles. The molecule has 0 bridgehead atoms. The van der Waals surface area contributed by atoms with Crippen molar-refractivity contribution < 1.29 is 9.59 Å². The van der Waals surface area contributed by atoms with E-state index in [0.717, 1.165) is 31.5 Å². The van der Waals surface area contributed by atoms with E-state index in [4.69, 9.17) is 11.6 Å². The van der Waals surface area contributed by atoms with Gasteiger partial charge in [0.2, 0.25) is 0 Å². The molecule has 6 heteroatoms. The average Bonchev–Trinajstić information content (AvgIpc) is 2.74. The van der Waals surface area contributed by atoms with Crippen LogP contribution in [0.25, 0.3) is 0 Å². The maximum Gasteiger partial charge on any atom is 0.261 e. The van der Waals surface area contributed by atoms with Crippen molar-refractivity contribution in [3.8, 4) is 0 Å². The van der Waals surface area contributed by atoms with Gasteiger partial charge in [0.1, 0.15) is 0 Å². The zero-order valence-electron chi connectivity index (χ0n) is 11.4. The summed E-state index contributed by atoms with van der Waals surface area (Å²) in [6.07, 6.45) is 1.75. The molecule has 0 saturated carbocycles. The van der Waals surface area contributed by atoms with Crippen molar-refractivity contribution in [1.29, 1.82) is 0 Å². The van der Waals surface area contributed by atoms with Gasteiger partial charge in [0.15, 0.2) is 0 Å². The molecule has 112 valence electrons. The molecule has 2 heterocycles.